The normalized spacial score (nSPS) is 10.4. The number of benzene rings is 2. The van der Waals surface area contributed by atoms with Crippen molar-refractivity contribution in [1.82, 2.24) is 4.98 Å². The first-order valence-electron chi connectivity index (χ1n) is 8.01. The zero-order chi connectivity index (χ0) is 18.7. The summed E-state index contributed by atoms with van der Waals surface area (Å²) in [5.41, 5.74) is 8.48. The van der Waals surface area contributed by atoms with Crippen LogP contribution in [0.2, 0.25) is 5.02 Å². The molecule has 0 saturated heterocycles. The molecule has 3 aromatic rings. The molecule has 0 atom stereocenters. The van der Waals surface area contributed by atoms with Crippen LogP contribution in [0.15, 0.2) is 54.6 Å². The van der Waals surface area contributed by atoms with Gasteiger partial charge in [0.1, 0.15) is 17.3 Å². The minimum atomic E-state index is -0.293. The molecule has 0 aliphatic carbocycles. The smallest absolute Gasteiger partial charge is 0.259 e. The number of aryl methyl sites for hydroxylation is 2. The summed E-state index contributed by atoms with van der Waals surface area (Å²) in [7, 11) is 0. The van der Waals surface area contributed by atoms with Crippen molar-refractivity contribution in [2.45, 2.75) is 13.8 Å². The molecule has 0 saturated carbocycles. The van der Waals surface area contributed by atoms with E-state index >= 15 is 0 Å². The van der Waals surface area contributed by atoms with Crippen molar-refractivity contribution >= 4 is 29.0 Å². The van der Waals surface area contributed by atoms with Crippen molar-refractivity contribution < 1.29 is 9.53 Å². The lowest BCUT2D eigenvalue weighted by Gasteiger charge is -2.11. The van der Waals surface area contributed by atoms with Gasteiger partial charge in [-0.05, 0) is 74.0 Å². The standard InChI is InChI=1S/C20H18ClN3O2/c1-12-11-13(2)23-19(22)18(12)20(25)24-15-5-9-17(10-6-15)26-16-7-3-14(21)4-8-16/h3-11H,1-2H3,(H2,22,23)(H,24,25). The number of halogens is 1. The van der Waals surface area contributed by atoms with E-state index in [0.717, 1.165) is 11.3 Å². The Morgan fingerprint density at radius 2 is 1.62 bits per heavy atom. The quantitative estimate of drug-likeness (QED) is 0.681. The summed E-state index contributed by atoms with van der Waals surface area (Å²) in [5, 5.41) is 3.47. The number of anilines is 2. The number of pyridine rings is 1. The molecule has 0 bridgehead atoms. The lowest BCUT2D eigenvalue weighted by atomic mass is 10.1. The van der Waals surface area contributed by atoms with Gasteiger partial charge in [0.15, 0.2) is 0 Å². The molecule has 0 aliphatic rings. The summed E-state index contributed by atoms with van der Waals surface area (Å²) >= 11 is 5.86. The maximum atomic E-state index is 12.5. The lowest BCUT2D eigenvalue weighted by Crippen LogP contribution is -2.17. The molecule has 2 aromatic carbocycles. The molecule has 1 heterocycles. The number of carbonyl (C=O) groups is 1. The third-order valence-electron chi connectivity index (χ3n) is 3.76. The zero-order valence-electron chi connectivity index (χ0n) is 14.4. The summed E-state index contributed by atoms with van der Waals surface area (Å²) in [4.78, 5) is 16.7. The Morgan fingerprint density at radius 3 is 2.19 bits per heavy atom. The fourth-order valence-corrected chi connectivity index (χ4v) is 2.73. The highest BCUT2D eigenvalue weighted by Gasteiger charge is 2.15. The molecule has 0 radical (unpaired) electrons. The van der Waals surface area contributed by atoms with Gasteiger partial charge in [-0.2, -0.15) is 0 Å². The van der Waals surface area contributed by atoms with E-state index in [-0.39, 0.29) is 11.7 Å². The summed E-state index contributed by atoms with van der Waals surface area (Å²) in [6.07, 6.45) is 0. The van der Waals surface area contributed by atoms with E-state index in [4.69, 9.17) is 22.1 Å². The van der Waals surface area contributed by atoms with Gasteiger partial charge in [-0.15, -0.1) is 0 Å². The van der Waals surface area contributed by atoms with Gasteiger partial charge in [0, 0.05) is 16.4 Å². The number of aromatic nitrogens is 1. The van der Waals surface area contributed by atoms with E-state index in [1.165, 1.54) is 0 Å². The molecule has 0 unspecified atom stereocenters. The minimum Gasteiger partial charge on any atom is -0.457 e. The highest BCUT2D eigenvalue weighted by Crippen LogP contribution is 2.25. The molecule has 6 heteroatoms. The molecule has 1 amide bonds. The molecule has 3 rings (SSSR count). The van der Waals surface area contributed by atoms with Crippen LogP contribution in [0.25, 0.3) is 0 Å². The van der Waals surface area contributed by atoms with E-state index in [1.54, 1.807) is 48.5 Å². The second-order valence-electron chi connectivity index (χ2n) is 5.88. The van der Waals surface area contributed by atoms with Crippen LogP contribution < -0.4 is 15.8 Å². The van der Waals surface area contributed by atoms with E-state index in [2.05, 4.69) is 10.3 Å². The van der Waals surface area contributed by atoms with Gasteiger partial charge in [0.2, 0.25) is 0 Å². The largest absolute Gasteiger partial charge is 0.457 e. The topological polar surface area (TPSA) is 77.2 Å². The average molecular weight is 368 g/mol. The van der Waals surface area contributed by atoms with Crippen LogP contribution in [0.1, 0.15) is 21.6 Å². The van der Waals surface area contributed by atoms with E-state index in [1.807, 2.05) is 19.9 Å². The summed E-state index contributed by atoms with van der Waals surface area (Å²) in [5.74, 6) is 1.26. The fraction of sp³-hybridized carbons (Fsp3) is 0.100. The molecule has 0 aliphatic heterocycles. The number of nitrogens with one attached hydrogen (secondary N) is 1. The fourth-order valence-electron chi connectivity index (χ4n) is 2.60. The van der Waals surface area contributed by atoms with E-state index < -0.39 is 0 Å². The molecule has 3 N–H and O–H groups in total. The van der Waals surface area contributed by atoms with Gasteiger partial charge in [0.25, 0.3) is 5.91 Å². The third kappa shape index (κ3) is 4.13. The van der Waals surface area contributed by atoms with Crippen molar-refractivity contribution in [3.63, 3.8) is 0 Å². The number of nitrogens with zero attached hydrogens (tertiary/aromatic N) is 1. The van der Waals surface area contributed by atoms with Crippen LogP contribution in [-0.2, 0) is 0 Å². The lowest BCUT2D eigenvalue weighted by molar-refractivity contribution is 0.102. The van der Waals surface area contributed by atoms with Crippen LogP contribution >= 0.6 is 11.6 Å². The van der Waals surface area contributed by atoms with Crippen LogP contribution in [0.5, 0.6) is 11.5 Å². The van der Waals surface area contributed by atoms with Crippen LogP contribution in [0.4, 0.5) is 11.5 Å². The van der Waals surface area contributed by atoms with Crippen molar-refractivity contribution in [2.75, 3.05) is 11.1 Å². The van der Waals surface area contributed by atoms with Gasteiger partial charge in [0.05, 0.1) is 5.56 Å². The highest BCUT2D eigenvalue weighted by molar-refractivity contribution is 6.30. The number of amides is 1. The maximum Gasteiger partial charge on any atom is 0.259 e. The number of nitrogens with two attached hydrogens (primary N) is 1. The first-order valence-corrected chi connectivity index (χ1v) is 8.39. The third-order valence-corrected chi connectivity index (χ3v) is 4.01. The number of rotatable bonds is 4. The number of hydrogen-bond donors (Lipinski definition) is 2. The summed E-state index contributed by atoms with van der Waals surface area (Å²) in [6, 6.07) is 16.0. The van der Waals surface area contributed by atoms with Crippen molar-refractivity contribution in [3.8, 4) is 11.5 Å². The van der Waals surface area contributed by atoms with Crippen molar-refractivity contribution in [3.05, 3.63) is 76.4 Å². The molecule has 0 spiro atoms. The highest BCUT2D eigenvalue weighted by atomic mass is 35.5. The van der Waals surface area contributed by atoms with E-state index in [9.17, 15) is 4.79 Å². The van der Waals surface area contributed by atoms with Gasteiger partial charge in [-0.25, -0.2) is 4.98 Å². The number of hydrogen-bond acceptors (Lipinski definition) is 4. The Hall–Kier alpha value is -3.05. The second kappa shape index (κ2) is 7.45. The van der Waals surface area contributed by atoms with Crippen molar-refractivity contribution in [1.29, 1.82) is 0 Å². The SMILES string of the molecule is Cc1cc(C)c(C(=O)Nc2ccc(Oc3ccc(Cl)cc3)cc2)c(N)n1. The molecule has 5 nitrogen and oxygen atoms in total. The van der Waals surface area contributed by atoms with Crippen LogP contribution in [-0.4, -0.2) is 10.9 Å². The number of carbonyl (C=O) groups excluding carboxylic acids is 1. The Bertz CT molecular complexity index is 915. The average Bonchev–Trinajstić information content (AvgIpc) is 2.58. The monoisotopic (exact) mass is 367 g/mol. The molecular formula is C20H18ClN3O2. The predicted molar refractivity (Wildman–Crippen MR) is 104 cm³/mol. The summed E-state index contributed by atoms with van der Waals surface area (Å²) < 4.78 is 5.73. The number of ether oxygens (including phenoxy) is 1. The van der Waals surface area contributed by atoms with Gasteiger partial charge >= 0.3 is 0 Å². The summed E-state index contributed by atoms with van der Waals surface area (Å²) in [6.45, 7) is 3.67. The second-order valence-corrected chi connectivity index (χ2v) is 6.31. The Morgan fingerprint density at radius 1 is 1.04 bits per heavy atom. The van der Waals surface area contributed by atoms with Gasteiger partial charge < -0.3 is 15.8 Å². The Balaban J connectivity index is 1.71. The number of nitrogen functional groups attached to an aromatic ring is 1. The van der Waals surface area contributed by atoms with E-state index in [0.29, 0.717) is 27.8 Å². The van der Waals surface area contributed by atoms with Crippen LogP contribution in [0.3, 0.4) is 0 Å². The minimum absolute atomic E-state index is 0.225. The Kier molecular flexibility index (Phi) is 5.09. The van der Waals surface area contributed by atoms with Crippen LogP contribution in [0, 0.1) is 13.8 Å². The predicted octanol–water partition coefficient (Wildman–Crippen LogP) is 4.98. The van der Waals surface area contributed by atoms with Crippen molar-refractivity contribution in [2.24, 2.45) is 0 Å². The first kappa shape index (κ1) is 17.8. The molecule has 26 heavy (non-hydrogen) atoms. The first-order chi connectivity index (χ1) is 12.4. The molecule has 0 fully saturated rings. The molecule has 132 valence electrons. The maximum absolute atomic E-state index is 12.5. The van der Waals surface area contributed by atoms with Gasteiger partial charge in [-0.1, -0.05) is 11.6 Å². The Labute approximate surface area is 156 Å². The zero-order valence-corrected chi connectivity index (χ0v) is 15.2. The molecular weight excluding hydrogens is 350 g/mol. The van der Waals surface area contributed by atoms with Gasteiger partial charge in [-0.3, -0.25) is 4.79 Å². The molecule has 1 aromatic heterocycles.